The number of hydrogen-bond donors (Lipinski definition) is 4. The van der Waals surface area contributed by atoms with Crippen LogP contribution in [0.25, 0.3) is 11.2 Å². The highest BCUT2D eigenvalue weighted by atomic mass is 32.2. The molecule has 186 valence electrons. The lowest BCUT2D eigenvalue weighted by Crippen LogP contribution is -2.24. The van der Waals surface area contributed by atoms with Crippen molar-refractivity contribution in [1.82, 2.24) is 19.5 Å². The highest BCUT2D eigenvalue weighted by Gasteiger charge is 2.16. The molecule has 0 bridgehead atoms. The minimum atomic E-state index is -3.67. The van der Waals surface area contributed by atoms with E-state index in [1.807, 2.05) is 47.2 Å². The summed E-state index contributed by atoms with van der Waals surface area (Å²) in [5.74, 6) is 1.04. The molecule has 0 aliphatic heterocycles. The molecule has 0 unspecified atom stereocenters. The number of primary sulfonamides is 1. The number of sulfonamides is 1. The number of aromatic nitrogens is 4. The highest BCUT2D eigenvalue weighted by Crippen LogP contribution is 2.24. The molecule has 0 radical (unpaired) electrons. The lowest BCUT2D eigenvalue weighted by molar-refractivity contribution is 0.271. The third-order valence-electron chi connectivity index (χ3n) is 5.59. The van der Waals surface area contributed by atoms with Gasteiger partial charge in [0, 0.05) is 13.1 Å². The monoisotopic (exact) mass is 515 g/mol. The number of aliphatic hydroxyl groups excluding tert-OH is 1. The average molecular weight is 516 g/mol. The minimum absolute atomic E-state index is 0.0227. The number of hydrogen-bond acceptors (Lipinski definition) is 9. The predicted octanol–water partition coefficient (Wildman–Crippen LogP) is 2.96. The zero-order valence-corrected chi connectivity index (χ0v) is 21.0. The summed E-state index contributed by atoms with van der Waals surface area (Å²) in [6.07, 6.45) is 3.93. The lowest BCUT2D eigenvalue weighted by Gasteiger charge is -2.15. The van der Waals surface area contributed by atoms with Crippen LogP contribution in [0.3, 0.4) is 0 Å². The number of nitrogens with zero attached hydrogens (tertiary/aromatic N) is 4. The molecule has 5 N–H and O–H groups in total. The molecular weight excluding hydrogens is 486 g/mol. The first kappa shape index (κ1) is 25.0. The molecule has 12 heteroatoms. The number of nitrogens with one attached hydrogen (secondary N) is 2. The number of nitrogens with two attached hydrogens (primary N) is 1. The summed E-state index contributed by atoms with van der Waals surface area (Å²) in [7, 11) is -3.67. The van der Waals surface area contributed by atoms with Crippen LogP contribution >= 0.6 is 11.3 Å². The second-order valence-corrected chi connectivity index (χ2v) is 10.9. The van der Waals surface area contributed by atoms with E-state index in [2.05, 4.69) is 25.6 Å². The summed E-state index contributed by atoms with van der Waals surface area (Å²) < 4.78 is 25.2. The normalized spacial score (nSPS) is 12.7. The standard InChI is InChI=1S/C23H29N7O3S2/c1-2-18(13-31)27-23-28-21(25-12-16-7-4-3-5-8-16)20-22(29-23)30(15-26-20)10-6-9-17-11-19(34-14-17)35(24,32)33/h3-5,7-8,11,14-15,18,31H,2,6,9-10,12-13H2,1H3,(H2,24,32,33)(H2,25,27,28,29)/t18-/m1/s1. The van der Waals surface area contributed by atoms with Gasteiger partial charge >= 0.3 is 0 Å². The number of benzene rings is 1. The van der Waals surface area contributed by atoms with Crippen molar-refractivity contribution in [2.75, 3.05) is 17.2 Å². The van der Waals surface area contributed by atoms with E-state index in [0.29, 0.717) is 42.4 Å². The molecule has 4 rings (SSSR count). The Morgan fingerprint density at radius 2 is 2.00 bits per heavy atom. The Bertz CT molecular complexity index is 1370. The largest absolute Gasteiger partial charge is 0.394 e. The molecule has 4 aromatic rings. The van der Waals surface area contributed by atoms with Crippen LogP contribution in [-0.2, 0) is 29.5 Å². The van der Waals surface area contributed by atoms with Crippen molar-refractivity contribution >= 4 is 44.3 Å². The van der Waals surface area contributed by atoms with Gasteiger partial charge in [-0.15, -0.1) is 11.3 Å². The van der Waals surface area contributed by atoms with Crippen molar-refractivity contribution in [3.8, 4) is 0 Å². The topological polar surface area (TPSA) is 148 Å². The molecule has 1 atom stereocenters. The van der Waals surface area contributed by atoms with Gasteiger partial charge in [-0.25, -0.2) is 18.5 Å². The third-order valence-corrected chi connectivity index (χ3v) is 8.02. The number of aryl methyl sites for hydroxylation is 2. The predicted molar refractivity (Wildman–Crippen MR) is 138 cm³/mol. The molecule has 0 aliphatic rings. The van der Waals surface area contributed by atoms with Crippen molar-refractivity contribution in [3.05, 3.63) is 59.2 Å². The Labute approximate surface area is 208 Å². The molecule has 0 spiro atoms. The Hall–Kier alpha value is -3.06. The van der Waals surface area contributed by atoms with E-state index in [9.17, 15) is 13.5 Å². The molecule has 3 heterocycles. The molecule has 0 saturated carbocycles. The quantitative estimate of drug-likeness (QED) is 0.225. The van der Waals surface area contributed by atoms with Gasteiger partial charge in [0.05, 0.1) is 19.0 Å². The molecule has 3 aromatic heterocycles. The van der Waals surface area contributed by atoms with Crippen molar-refractivity contribution in [1.29, 1.82) is 0 Å². The first-order valence-electron chi connectivity index (χ1n) is 11.4. The summed E-state index contributed by atoms with van der Waals surface area (Å²) in [6.45, 7) is 3.19. The summed E-state index contributed by atoms with van der Waals surface area (Å²) in [5.41, 5.74) is 3.39. The fourth-order valence-electron chi connectivity index (χ4n) is 3.62. The van der Waals surface area contributed by atoms with Crippen molar-refractivity contribution in [3.63, 3.8) is 0 Å². The molecule has 0 saturated heterocycles. The average Bonchev–Trinajstić information content (AvgIpc) is 3.49. The van der Waals surface area contributed by atoms with Gasteiger partial charge < -0.3 is 20.3 Å². The van der Waals surface area contributed by atoms with Crippen LogP contribution < -0.4 is 15.8 Å². The molecule has 10 nitrogen and oxygen atoms in total. The molecular formula is C23H29N7O3S2. The number of fused-ring (bicyclic) bond motifs is 1. The Balaban J connectivity index is 1.54. The van der Waals surface area contributed by atoms with Crippen LogP contribution in [0.2, 0.25) is 0 Å². The maximum absolute atomic E-state index is 11.5. The van der Waals surface area contributed by atoms with E-state index in [1.165, 1.54) is 0 Å². The van der Waals surface area contributed by atoms with Crippen LogP contribution in [0.4, 0.5) is 11.8 Å². The minimum Gasteiger partial charge on any atom is -0.394 e. The third kappa shape index (κ3) is 6.34. The maximum atomic E-state index is 11.5. The number of rotatable bonds is 12. The van der Waals surface area contributed by atoms with E-state index in [4.69, 9.17) is 5.14 Å². The zero-order valence-electron chi connectivity index (χ0n) is 19.4. The Kier molecular flexibility index (Phi) is 7.96. The van der Waals surface area contributed by atoms with Gasteiger partial charge in [0.15, 0.2) is 17.0 Å². The lowest BCUT2D eigenvalue weighted by atomic mass is 10.2. The van der Waals surface area contributed by atoms with Crippen LogP contribution in [0, 0.1) is 0 Å². The van der Waals surface area contributed by atoms with Gasteiger partial charge in [-0.3, -0.25) is 0 Å². The first-order valence-corrected chi connectivity index (χ1v) is 13.8. The number of imidazole rings is 1. The fraction of sp³-hybridized carbons (Fsp3) is 0.348. The van der Waals surface area contributed by atoms with Gasteiger partial charge in [0.1, 0.15) is 4.21 Å². The molecule has 0 fully saturated rings. The molecule has 0 aliphatic carbocycles. The van der Waals surface area contributed by atoms with Gasteiger partial charge in [-0.05, 0) is 41.8 Å². The van der Waals surface area contributed by atoms with Gasteiger partial charge in [-0.2, -0.15) is 9.97 Å². The van der Waals surface area contributed by atoms with Crippen LogP contribution in [0.5, 0.6) is 0 Å². The summed E-state index contributed by atoms with van der Waals surface area (Å²) in [5, 5.41) is 23.2. The van der Waals surface area contributed by atoms with Crippen molar-refractivity contribution < 1.29 is 13.5 Å². The first-order chi connectivity index (χ1) is 16.9. The van der Waals surface area contributed by atoms with Crippen molar-refractivity contribution in [2.45, 2.75) is 49.5 Å². The number of aliphatic hydroxyl groups is 1. The van der Waals surface area contributed by atoms with Gasteiger partial charge in [0.25, 0.3) is 0 Å². The second-order valence-electron chi connectivity index (χ2n) is 8.20. The second kappa shape index (κ2) is 11.1. The van der Waals surface area contributed by atoms with E-state index >= 15 is 0 Å². The van der Waals surface area contributed by atoms with E-state index in [-0.39, 0.29) is 16.9 Å². The van der Waals surface area contributed by atoms with Crippen LogP contribution in [0.15, 0.2) is 52.3 Å². The Morgan fingerprint density at radius 3 is 2.69 bits per heavy atom. The molecule has 1 aromatic carbocycles. The van der Waals surface area contributed by atoms with Gasteiger partial charge in [0.2, 0.25) is 16.0 Å². The van der Waals surface area contributed by atoms with Crippen LogP contribution in [0.1, 0.15) is 30.9 Å². The van der Waals surface area contributed by atoms with E-state index < -0.39 is 10.0 Å². The molecule has 0 amide bonds. The summed E-state index contributed by atoms with van der Waals surface area (Å²) in [4.78, 5) is 13.9. The number of thiophene rings is 1. The maximum Gasteiger partial charge on any atom is 0.247 e. The van der Waals surface area contributed by atoms with Crippen LogP contribution in [-0.4, -0.2) is 45.7 Å². The number of anilines is 2. The zero-order chi connectivity index (χ0) is 24.8. The fourth-order valence-corrected chi connectivity index (χ4v) is 5.29. The van der Waals surface area contributed by atoms with E-state index in [0.717, 1.165) is 35.3 Å². The smallest absolute Gasteiger partial charge is 0.247 e. The highest BCUT2D eigenvalue weighted by molar-refractivity contribution is 7.91. The van der Waals surface area contributed by atoms with Gasteiger partial charge in [-0.1, -0.05) is 37.3 Å². The SMILES string of the molecule is CC[C@H](CO)Nc1nc(NCc2ccccc2)c2ncn(CCCc3csc(S(N)(=O)=O)c3)c2n1. The molecule has 35 heavy (non-hydrogen) atoms. The summed E-state index contributed by atoms with van der Waals surface area (Å²) in [6, 6.07) is 11.5. The van der Waals surface area contributed by atoms with Crippen molar-refractivity contribution in [2.24, 2.45) is 5.14 Å². The van der Waals surface area contributed by atoms with E-state index in [1.54, 1.807) is 12.4 Å². The Morgan fingerprint density at radius 1 is 1.20 bits per heavy atom. The summed E-state index contributed by atoms with van der Waals surface area (Å²) >= 11 is 1.13.